The number of hydrogen-bond acceptors (Lipinski definition) is 2. The third kappa shape index (κ3) is 2.81. The molecule has 2 aromatic rings. The Morgan fingerprint density at radius 3 is 1.88 bits per heavy atom. The number of nitrogens with zero attached hydrogens (tertiary/aromatic N) is 1. The standard InChI is InChI=1S/C14H15NOS/c1-15(2)12-8-10-14(11-9-12)17(16)13-6-4-3-5-7-13/h3-11H,1-2H3. The molecule has 0 aliphatic carbocycles. The van der Waals surface area contributed by atoms with Gasteiger partial charge in [0, 0.05) is 31.0 Å². The summed E-state index contributed by atoms with van der Waals surface area (Å²) in [4.78, 5) is 3.70. The van der Waals surface area contributed by atoms with E-state index in [-0.39, 0.29) is 0 Å². The summed E-state index contributed by atoms with van der Waals surface area (Å²) in [5.74, 6) is 0. The van der Waals surface area contributed by atoms with Crippen molar-refractivity contribution >= 4 is 16.9 Å². The molecule has 0 fully saturated rings. The molecule has 0 saturated heterocycles. The summed E-state index contributed by atoms with van der Waals surface area (Å²) in [5.41, 5.74) is 1.11. The molecule has 0 radical (unpaired) electrons. The lowest BCUT2D eigenvalue weighted by Gasteiger charge is -2.14. The van der Waals surface area contributed by atoms with Gasteiger partial charge in [-0.15, -0.1) is 0 Å². The third-order valence-corrected chi connectivity index (χ3v) is 3.93. The van der Waals surface area contributed by atoms with Gasteiger partial charge in [0.05, 0.1) is 0 Å². The van der Waals surface area contributed by atoms with E-state index in [4.69, 9.17) is 0 Å². The summed E-state index contributed by atoms with van der Waals surface area (Å²) in [6, 6.07) is 17.3. The Balaban J connectivity index is 2.23. The molecule has 0 heterocycles. The number of anilines is 1. The van der Waals surface area contributed by atoms with Gasteiger partial charge in [0.15, 0.2) is 9.79 Å². The quantitative estimate of drug-likeness (QED) is 0.777. The van der Waals surface area contributed by atoms with Crippen LogP contribution < -0.4 is 4.90 Å². The van der Waals surface area contributed by atoms with Crippen LogP contribution in [0.1, 0.15) is 0 Å². The molecule has 3 heteroatoms. The van der Waals surface area contributed by atoms with E-state index in [2.05, 4.69) is 0 Å². The van der Waals surface area contributed by atoms with Crippen LogP contribution in [0.3, 0.4) is 0 Å². The van der Waals surface area contributed by atoms with Gasteiger partial charge >= 0.3 is 0 Å². The SMILES string of the molecule is CN(C)c1ccc([S+]([O-])c2ccccc2)cc1. The average Bonchev–Trinajstić information content (AvgIpc) is 2.39. The molecule has 1 unspecified atom stereocenters. The van der Waals surface area contributed by atoms with Gasteiger partial charge in [-0.25, -0.2) is 0 Å². The fourth-order valence-electron chi connectivity index (χ4n) is 1.55. The number of hydrogen-bond donors (Lipinski definition) is 0. The molecule has 0 aromatic heterocycles. The van der Waals surface area contributed by atoms with Crippen molar-refractivity contribution in [2.45, 2.75) is 9.79 Å². The van der Waals surface area contributed by atoms with Crippen LogP contribution in [0, 0.1) is 0 Å². The zero-order valence-corrected chi connectivity index (χ0v) is 10.8. The predicted octanol–water partition coefficient (Wildman–Crippen LogP) is 2.92. The molecule has 0 aliphatic heterocycles. The molecule has 88 valence electrons. The predicted molar refractivity (Wildman–Crippen MR) is 71.9 cm³/mol. The number of benzene rings is 2. The molecule has 2 rings (SSSR count). The van der Waals surface area contributed by atoms with Gasteiger partial charge in [0.1, 0.15) is 0 Å². The minimum absolute atomic E-state index is 0.835. The van der Waals surface area contributed by atoms with Crippen LogP contribution in [0.4, 0.5) is 5.69 Å². The molecule has 1 atom stereocenters. The highest BCUT2D eigenvalue weighted by Gasteiger charge is 2.13. The van der Waals surface area contributed by atoms with Crippen molar-refractivity contribution in [1.29, 1.82) is 0 Å². The van der Waals surface area contributed by atoms with Crippen LogP contribution in [0.2, 0.25) is 0 Å². The van der Waals surface area contributed by atoms with Crippen LogP contribution in [0.25, 0.3) is 0 Å². The third-order valence-electron chi connectivity index (χ3n) is 2.52. The second kappa shape index (κ2) is 5.25. The minimum atomic E-state index is -1.09. The van der Waals surface area contributed by atoms with Crippen molar-refractivity contribution in [2.75, 3.05) is 19.0 Å². The van der Waals surface area contributed by atoms with Gasteiger partial charge in [0.25, 0.3) is 0 Å². The van der Waals surface area contributed by atoms with Crippen molar-refractivity contribution < 1.29 is 4.55 Å². The molecule has 0 N–H and O–H groups in total. The molecule has 17 heavy (non-hydrogen) atoms. The maximum atomic E-state index is 12.2. The minimum Gasteiger partial charge on any atom is -0.606 e. The topological polar surface area (TPSA) is 26.3 Å². The first-order valence-electron chi connectivity index (χ1n) is 5.42. The van der Waals surface area contributed by atoms with E-state index in [0.717, 1.165) is 15.5 Å². The molecule has 0 spiro atoms. The Bertz CT molecular complexity index is 467. The average molecular weight is 245 g/mol. The van der Waals surface area contributed by atoms with E-state index in [9.17, 15) is 4.55 Å². The van der Waals surface area contributed by atoms with Crippen LogP contribution in [0.5, 0.6) is 0 Å². The zero-order valence-electron chi connectivity index (χ0n) is 9.96. The van der Waals surface area contributed by atoms with Crippen molar-refractivity contribution in [3.8, 4) is 0 Å². The summed E-state index contributed by atoms with van der Waals surface area (Å²) in [6.45, 7) is 0. The lowest BCUT2D eigenvalue weighted by molar-refractivity contribution is 0.595. The van der Waals surface area contributed by atoms with E-state index in [1.54, 1.807) is 0 Å². The lowest BCUT2D eigenvalue weighted by atomic mass is 10.3. The van der Waals surface area contributed by atoms with Gasteiger partial charge in [-0.3, -0.25) is 0 Å². The molecule has 0 saturated carbocycles. The Kier molecular flexibility index (Phi) is 3.71. The fourth-order valence-corrected chi connectivity index (χ4v) is 2.61. The second-order valence-corrected chi connectivity index (χ2v) is 5.45. The van der Waals surface area contributed by atoms with E-state index in [1.807, 2.05) is 73.6 Å². The molecule has 0 aliphatic rings. The monoisotopic (exact) mass is 245 g/mol. The summed E-state index contributed by atoms with van der Waals surface area (Å²) in [5, 5.41) is 0. The smallest absolute Gasteiger partial charge is 0.158 e. The van der Waals surface area contributed by atoms with Crippen molar-refractivity contribution in [3.05, 3.63) is 54.6 Å². The Labute approximate surface area is 105 Å². The first-order valence-corrected chi connectivity index (χ1v) is 6.57. The Morgan fingerprint density at radius 2 is 1.35 bits per heavy atom. The van der Waals surface area contributed by atoms with E-state index < -0.39 is 11.2 Å². The Hall–Kier alpha value is -1.45. The van der Waals surface area contributed by atoms with Gasteiger partial charge in [-0.2, -0.15) is 0 Å². The summed E-state index contributed by atoms with van der Waals surface area (Å²) >= 11 is -1.09. The van der Waals surface area contributed by atoms with Gasteiger partial charge in [-0.1, -0.05) is 18.2 Å². The largest absolute Gasteiger partial charge is 0.606 e. The summed E-state index contributed by atoms with van der Waals surface area (Å²) < 4.78 is 12.2. The maximum Gasteiger partial charge on any atom is 0.158 e. The number of rotatable bonds is 3. The summed E-state index contributed by atoms with van der Waals surface area (Å²) in [7, 11) is 3.98. The van der Waals surface area contributed by atoms with Crippen molar-refractivity contribution in [1.82, 2.24) is 0 Å². The van der Waals surface area contributed by atoms with Crippen LogP contribution in [-0.2, 0) is 11.2 Å². The highest BCUT2D eigenvalue weighted by atomic mass is 32.2. The Morgan fingerprint density at radius 1 is 0.824 bits per heavy atom. The second-order valence-electron chi connectivity index (χ2n) is 3.97. The molecule has 0 amide bonds. The highest BCUT2D eigenvalue weighted by Crippen LogP contribution is 2.22. The molecule has 2 nitrogen and oxygen atoms in total. The van der Waals surface area contributed by atoms with Crippen LogP contribution in [-0.4, -0.2) is 18.6 Å². The normalized spacial score (nSPS) is 12.2. The molecule has 2 aromatic carbocycles. The molecular weight excluding hydrogens is 230 g/mol. The zero-order chi connectivity index (χ0) is 12.3. The van der Waals surface area contributed by atoms with Crippen LogP contribution in [0.15, 0.2) is 64.4 Å². The van der Waals surface area contributed by atoms with Gasteiger partial charge in [-0.05, 0) is 36.4 Å². The fraction of sp³-hybridized carbons (Fsp3) is 0.143. The highest BCUT2D eigenvalue weighted by molar-refractivity contribution is 7.91. The molecule has 0 bridgehead atoms. The van der Waals surface area contributed by atoms with Gasteiger partial charge in [0.2, 0.25) is 0 Å². The van der Waals surface area contributed by atoms with Gasteiger partial charge < -0.3 is 9.45 Å². The van der Waals surface area contributed by atoms with Crippen LogP contribution >= 0.6 is 0 Å². The molecular formula is C14H15NOS. The van der Waals surface area contributed by atoms with Crippen molar-refractivity contribution in [3.63, 3.8) is 0 Å². The summed E-state index contributed by atoms with van der Waals surface area (Å²) in [6.07, 6.45) is 0. The van der Waals surface area contributed by atoms with E-state index >= 15 is 0 Å². The van der Waals surface area contributed by atoms with E-state index in [0.29, 0.717) is 0 Å². The maximum absolute atomic E-state index is 12.2. The first-order chi connectivity index (χ1) is 8.18. The van der Waals surface area contributed by atoms with E-state index in [1.165, 1.54) is 0 Å². The van der Waals surface area contributed by atoms with Crippen molar-refractivity contribution in [2.24, 2.45) is 0 Å². The lowest BCUT2D eigenvalue weighted by Crippen LogP contribution is -2.09. The first kappa shape index (κ1) is 12.0.